The van der Waals surface area contributed by atoms with Crippen molar-refractivity contribution < 1.29 is 19.1 Å². The second-order valence-electron chi connectivity index (χ2n) is 9.56. The molecule has 1 unspecified atom stereocenters. The minimum absolute atomic E-state index is 0.0764. The Morgan fingerprint density at radius 2 is 1.72 bits per heavy atom. The standard InChI is InChI=1S/C23H38N4O4S/c1-15(2)18-14-32-23(27(18)3)26-25-22(30)20(28)19(16-10-12-31-13-11-16)24-21(29)17-8-6-4-5-7-9-17/h15-19H,4-14H2,1-3H3,(H,24,29)(H,25,30)/b26-23-/t18-,19?/m0/s1. The Morgan fingerprint density at radius 3 is 2.31 bits per heavy atom. The van der Waals surface area contributed by atoms with E-state index in [4.69, 9.17) is 4.74 Å². The number of thioether (sulfide) groups is 1. The van der Waals surface area contributed by atoms with Crippen molar-refractivity contribution in [1.29, 1.82) is 0 Å². The molecule has 2 amide bonds. The highest BCUT2D eigenvalue weighted by atomic mass is 32.2. The normalized spacial score (nSPS) is 25.6. The minimum Gasteiger partial charge on any atom is -0.381 e. The molecule has 2 aliphatic heterocycles. The molecule has 32 heavy (non-hydrogen) atoms. The fourth-order valence-electron chi connectivity index (χ4n) is 4.82. The van der Waals surface area contributed by atoms with E-state index in [1.165, 1.54) is 0 Å². The van der Waals surface area contributed by atoms with Gasteiger partial charge in [0.1, 0.15) is 6.04 Å². The van der Waals surface area contributed by atoms with E-state index in [9.17, 15) is 14.4 Å². The molecule has 0 bridgehead atoms. The fraction of sp³-hybridized carbons (Fsp3) is 0.826. The second-order valence-corrected chi connectivity index (χ2v) is 10.5. The molecule has 1 saturated carbocycles. The summed E-state index contributed by atoms with van der Waals surface area (Å²) in [7, 11) is 1.95. The summed E-state index contributed by atoms with van der Waals surface area (Å²) in [5.41, 5.74) is 2.45. The molecule has 2 saturated heterocycles. The zero-order valence-electron chi connectivity index (χ0n) is 19.6. The quantitative estimate of drug-likeness (QED) is 0.340. The maximum Gasteiger partial charge on any atom is 0.309 e. The number of amidine groups is 1. The maximum atomic E-state index is 13.1. The summed E-state index contributed by atoms with van der Waals surface area (Å²) < 4.78 is 5.43. The summed E-state index contributed by atoms with van der Waals surface area (Å²) in [5, 5.41) is 7.87. The predicted molar refractivity (Wildman–Crippen MR) is 126 cm³/mol. The van der Waals surface area contributed by atoms with Crippen molar-refractivity contribution in [1.82, 2.24) is 15.6 Å². The summed E-state index contributed by atoms with van der Waals surface area (Å²) in [5.74, 6) is -0.285. The van der Waals surface area contributed by atoms with Gasteiger partial charge in [-0.3, -0.25) is 14.4 Å². The van der Waals surface area contributed by atoms with Crippen LogP contribution in [0.3, 0.4) is 0 Å². The van der Waals surface area contributed by atoms with Gasteiger partial charge >= 0.3 is 5.91 Å². The topological polar surface area (TPSA) is 100 Å². The Labute approximate surface area is 195 Å². The number of ether oxygens (including phenoxy) is 1. The summed E-state index contributed by atoms with van der Waals surface area (Å²) in [6.45, 7) is 5.38. The van der Waals surface area contributed by atoms with Crippen LogP contribution in [0.4, 0.5) is 0 Å². The van der Waals surface area contributed by atoms with Crippen LogP contribution in [-0.4, -0.2) is 65.8 Å². The van der Waals surface area contributed by atoms with Gasteiger partial charge in [0, 0.05) is 38.0 Å². The van der Waals surface area contributed by atoms with Crippen LogP contribution in [-0.2, 0) is 19.1 Å². The highest BCUT2D eigenvalue weighted by molar-refractivity contribution is 8.14. The average Bonchev–Trinajstić information content (AvgIpc) is 2.98. The molecule has 2 N–H and O–H groups in total. The van der Waals surface area contributed by atoms with Crippen molar-refractivity contribution in [2.75, 3.05) is 26.0 Å². The average molecular weight is 467 g/mol. The van der Waals surface area contributed by atoms with E-state index >= 15 is 0 Å². The van der Waals surface area contributed by atoms with Gasteiger partial charge in [0.25, 0.3) is 0 Å². The summed E-state index contributed by atoms with van der Waals surface area (Å²) >= 11 is 1.57. The zero-order valence-corrected chi connectivity index (χ0v) is 20.4. The van der Waals surface area contributed by atoms with E-state index in [2.05, 4.69) is 29.7 Å². The third kappa shape index (κ3) is 6.47. The number of carbonyl (C=O) groups is 3. The monoisotopic (exact) mass is 466 g/mol. The van der Waals surface area contributed by atoms with Crippen LogP contribution in [0.2, 0.25) is 0 Å². The maximum absolute atomic E-state index is 13.1. The molecule has 3 rings (SSSR count). The van der Waals surface area contributed by atoms with Gasteiger partial charge in [0.05, 0.1) is 0 Å². The van der Waals surface area contributed by atoms with Crippen molar-refractivity contribution >= 4 is 34.5 Å². The Kier molecular flexibility index (Phi) is 9.40. The lowest BCUT2D eigenvalue weighted by atomic mass is 9.87. The largest absolute Gasteiger partial charge is 0.381 e. The van der Waals surface area contributed by atoms with Crippen LogP contribution in [0.15, 0.2) is 5.10 Å². The van der Waals surface area contributed by atoms with Gasteiger partial charge in [-0.1, -0.05) is 51.3 Å². The van der Waals surface area contributed by atoms with E-state index in [-0.39, 0.29) is 17.7 Å². The van der Waals surface area contributed by atoms with E-state index < -0.39 is 17.7 Å². The molecule has 0 aromatic rings. The molecule has 0 spiro atoms. The number of hydrogen-bond acceptors (Lipinski definition) is 6. The first-order valence-electron chi connectivity index (χ1n) is 12.0. The summed E-state index contributed by atoms with van der Waals surface area (Å²) in [4.78, 5) is 40.9. The van der Waals surface area contributed by atoms with Gasteiger partial charge in [-0.05, 0) is 37.5 Å². The van der Waals surface area contributed by atoms with Crippen molar-refractivity contribution in [2.24, 2.45) is 22.9 Å². The van der Waals surface area contributed by atoms with E-state index in [1.54, 1.807) is 11.8 Å². The molecule has 0 aromatic carbocycles. The lowest BCUT2D eigenvalue weighted by molar-refractivity contribution is -0.142. The zero-order chi connectivity index (χ0) is 23.1. The van der Waals surface area contributed by atoms with Crippen LogP contribution in [0.25, 0.3) is 0 Å². The minimum atomic E-state index is -0.827. The molecule has 2 atom stereocenters. The van der Waals surface area contributed by atoms with E-state index in [0.29, 0.717) is 43.2 Å². The first kappa shape index (κ1) is 25.0. The molecule has 2 heterocycles. The van der Waals surface area contributed by atoms with Crippen LogP contribution in [0.5, 0.6) is 0 Å². The van der Waals surface area contributed by atoms with Crippen molar-refractivity contribution in [3.8, 4) is 0 Å². The number of ketones is 1. The Balaban J connectivity index is 1.65. The third-order valence-electron chi connectivity index (χ3n) is 6.97. The number of nitrogens with zero attached hydrogens (tertiary/aromatic N) is 2. The van der Waals surface area contributed by atoms with Crippen LogP contribution >= 0.6 is 11.8 Å². The smallest absolute Gasteiger partial charge is 0.309 e. The molecule has 8 nitrogen and oxygen atoms in total. The predicted octanol–water partition coefficient (Wildman–Crippen LogP) is 2.53. The number of Topliss-reactive ketones (excluding diaryl/α,β-unsaturated/α-hetero) is 1. The van der Waals surface area contributed by atoms with Crippen molar-refractivity contribution in [2.45, 2.75) is 77.3 Å². The number of hydrogen-bond donors (Lipinski definition) is 2. The number of carbonyl (C=O) groups excluding carboxylic acids is 3. The molecule has 180 valence electrons. The summed E-state index contributed by atoms with van der Waals surface area (Å²) in [6, 6.07) is -0.479. The first-order chi connectivity index (χ1) is 15.4. The van der Waals surface area contributed by atoms with Crippen LogP contribution in [0.1, 0.15) is 65.2 Å². The second kappa shape index (κ2) is 12.0. The van der Waals surface area contributed by atoms with Crippen LogP contribution < -0.4 is 10.7 Å². The van der Waals surface area contributed by atoms with E-state index in [0.717, 1.165) is 44.3 Å². The molecule has 1 aliphatic carbocycles. The van der Waals surface area contributed by atoms with Crippen molar-refractivity contribution in [3.63, 3.8) is 0 Å². The van der Waals surface area contributed by atoms with Crippen LogP contribution in [0, 0.1) is 17.8 Å². The Morgan fingerprint density at radius 1 is 1.06 bits per heavy atom. The molecular formula is C23H38N4O4S. The highest BCUT2D eigenvalue weighted by Gasteiger charge is 2.37. The molecular weight excluding hydrogens is 428 g/mol. The SMILES string of the molecule is CC(C)[C@@H]1CS/C(=N\NC(=O)C(=O)C(NC(=O)C2CCCCCC2)C2CCOCC2)N1C. The lowest BCUT2D eigenvalue weighted by Gasteiger charge is -2.30. The first-order valence-corrected chi connectivity index (χ1v) is 13.0. The molecule has 9 heteroatoms. The summed E-state index contributed by atoms with van der Waals surface area (Å²) in [6.07, 6.45) is 7.37. The number of hydrazone groups is 1. The number of nitrogens with one attached hydrogen (secondary N) is 2. The Bertz CT molecular complexity index is 700. The van der Waals surface area contributed by atoms with Gasteiger partial charge in [0.15, 0.2) is 5.17 Å². The molecule has 0 radical (unpaired) electrons. The number of rotatable bonds is 7. The molecule has 3 aliphatic rings. The van der Waals surface area contributed by atoms with E-state index in [1.807, 2.05) is 11.9 Å². The van der Waals surface area contributed by atoms with Gasteiger partial charge in [0.2, 0.25) is 11.7 Å². The number of amides is 2. The van der Waals surface area contributed by atoms with Gasteiger partial charge in [-0.15, -0.1) is 5.10 Å². The van der Waals surface area contributed by atoms with Gasteiger partial charge in [-0.25, -0.2) is 5.43 Å². The molecule has 3 fully saturated rings. The van der Waals surface area contributed by atoms with Gasteiger partial charge in [-0.2, -0.15) is 0 Å². The van der Waals surface area contributed by atoms with Crippen molar-refractivity contribution in [3.05, 3.63) is 0 Å². The fourth-order valence-corrected chi connectivity index (χ4v) is 6.20. The lowest BCUT2D eigenvalue weighted by Crippen LogP contribution is -2.53. The van der Waals surface area contributed by atoms with Gasteiger partial charge < -0.3 is 15.0 Å². The molecule has 0 aromatic heterocycles. The third-order valence-corrected chi connectivity index (χ3v) is 8.12. The Hall–Kier alpha value is -1.61. The highest BCUT2D eigenvalue weighted by Crippen LogP contribution is 2.27.